The van der Waals surface area contributed by atoms with E-state index in [1.165, 1.54) is 11.3 Å². The Morgan fingerprint density at radius 1 is 1.67 bits per heavy atom. The number of hydrogen-bond acceptors (Lipinski definition) is 4. The summed E-state index contributed by atoms with van der Waals surface area (Å²) in [6.07, 6.45) is 1.31. The van der Waals surface area contributed by atoms with Gasteiger partial charge in [-0.3, -0.25) is 0 Å². The molecule has 2 unspecified atom stereocenters. The Kier molecular flexibility index (Phi) is 3.83. The van der Waals surface area contributed by atoms with Crippen molar-refractivity contribution < 1.29 is 5.11 Å². The van der Waals surface area contributed by atoms with Gasteiger partial charge in [-0.1, -0.05) is 41.6 Å². The van der Waals surface area contributed by atoms with Gasteiger partial charge >= 0.3 is 0 Å². The van der Waals surface area contributed by atoms with E-state index in [2.05, 4.69) is 4.98 Å². The molecule has 1 aromatic heterocycles. The first kappa shape index (κ1) is 10.3. The van der Waals surface area contributed by atoms with Crippen LogP contribution in [0.3, 0.4) is 0 Å². The van der Waals surface area contributed by atoms with Crippen molar-refractivity contribution in [1.82, 2.24) is 4.98 Å². The fraction of sp³-hybridized carbons (Fsp3) is 0.571. The number of nitrogens with zero attached hydrogens (tertiary/aromatic N) is 1. The number of aliphatic hydroxyl groups excluding tert-OH is 1. The third-order valence-corrected chi connectivity index (χ3v) is 3.94. The second-order valence-electron chi connectivity index (χ2n) is 2.49. The highest BCUT2D eigenvalue weighted by atomic mass is 35.5. The second kappa shape index (κ2) is 4.46. The van der Waals surface area contributed by atoms with Crippen LogP contribution in [0.2, 0.25) is 4.34 Å². The number of halogens is 1. The summed E-state index contributed by atoms with van der Waals surface area (Å²) in [5.41, 5.74) is 0. The van der Waals surface area contributed by atoms with Crippen LogP contribution >= 0.6 is 34.7 Å². The first-order valence-corrected chi connectivity index (χ1v) is 5.63. The molecule has 12 heavy (non-hydrogen) atoms. The van der Waals surface area contributed by atoms with Crippen LogP contribution in [0.25, 0.3) is 0 Å². The van der Waals surface area contributed by atoms with Gasteiger partial charge in [-0.15, -0.1) is 0 Å². The number of thioether (sulfide) groups is 1. The van der Waals surface area contributed by atoms with Crippen LogP contribution in [0.5, 0.6) is 0 Å². The van der Waals surface area contributed by atoms with Gasteiger partial charge in [-0.2, -0.15) is 0 Å². The summed E-state index contributed by atoms with van der Waals surface area (Å²) in [5, 5.41) is 9.37. The van der Waals surface area contributed by atoms with E-state index in [-0.39, 0.29) is 11.4 Å². The monoisotopic (exact) mass is 223 g/mol. The molecule has 68 valence electrons. The van der Waals surface area contributed by atoms with Gasteiger partial charge in [-0.05, 0) is 6.92 Å². The van der Waals surface area contributed by atoms with Crippen LogP contribution in [0.4, 0.5) is 0 Å². The van der Waals surface area contributed by atoms with Crippen LogP contribution < -0.4 is 0 Å². The van der Waals surface area contributed by atoms with E-state index in [9.17, 15) is 5.11 Å². The van der Waals surface area contributed by atoms with E-state index in [1.807, 2.05) is 6.92 Å². The smallest absolute Gasteiger partial charge is 0.151 e. The molecule has 0 aromatic carbocycles. The molecule has 0 amide bonds. The van der Waals surface area contributed by atoms with E-state index in [4.69, 9.17) is 11.6 Å². The number of hydrogen-bond donors (Lipinski definition) is 1. The molecule has 5 heteroatoms. The average Bonchev–Trinajstić information content (AvgIpc) is 2.35. The van der Waals surface area contributed by atoms with Gasteiger partial charge in [-0.25, -0.2) is 4.98 Å². The van der Waals surface area contributed by atoms with Crippen molar-refractivity contribution in [2.45, 2.75) is 29.5 Å². The number of aliphatic hydroxyl groups is 1. The Balaban J connectivity index is 2.52. The van der Waals surface area contributed by atoms with Crippen LogP contribution in [-0.4, -0.2) is 21.4 Å². The minimum absolute atomic E-state index is 0.159. The van der Waals surface area contributed by atoms with E-state index >= 15 is 0 Å². The minimum atomic E-state index is -0.322. The fourth-order valence-electron chi connectivity index (χ4n) is 0.552. The number of aromatic nitrogens is 1. The van der Waals surface area contributed by atoms with E-state index in [0.717, 1.165) is 4.34 Å². The lowest BCUT2D eigenvalue weighted by Gasteiger charge is -2.11. The summed E-state index contributed by atoms with van der Waals surface area (Å²) < 4.78 is 1.60. The third-order valence-electron chi connectivity index (χ3n) is 1.42. The highest BCUT2D eigenvalue weighted by Gasteiger charge is 2.12. The maximum absolute atomic E-state index is 9.21. The molecule has 0 spiro atoms. The number of rotatable bonds is 3. The Bertz CT molecular complexity index is 251. The molecule has 0 aliphatic heterocycles. The fourth-order valence-corrected chi connectivity index (χ4v) is 2.88. The zero-order valence-electron chi connectivity index (χ0n) is 6.82. The summed E-state index contributed by atoms with van der Waals surface area (Å²) in [7, 11) is 0. The van der Waals surface area contributed by atoms with Crippen molar-refractivity contribution in [2.24, 2.45) is 0 Å². The molecule has 0 saturated heterocycles. The molecule has 1 rings (SSSR count). The standard InChI is InChI=1S/C7H10ClNOS2/c1-4(10)5(2)11-7-9-3-6(8)12-7/h3-5,10H,1-2H3. The van der Waals surface area contributed by atoms with Gasteiger partial charge in [0.1, 0.15) is 4.34 Å². The minimum Gasteiger partial charge on any atom is -0.392 e. The van der Waals surface area contributed by atoms with Crippen LogP contribution in [0, 0.1) is 0 Å². The largest absolute Gasteiger partial charge is 0.392 e. The Morgan fingerprint density at radius 3 is 2.75 bits per heavy atom. The van der Waals surface area contributed by atoms with E-state index in [1.54, 1.807) is 24.9 Å². The topological polar surface area (TPSA) is 33.1 Å². The quantitative estimate of drug-likeness (QED) is 0.800. The molecular formula is C7H10ClNOS2. The highest BCUT2D eigenvalue weighted by Crippen LogP contribution is 2.31. The van der Waals surface area contributed by atoms with Crippen molar-refractivity contribution in [3.8, 4) is 0 Å². The molecule has 2 atom stereocenters. The normalized spacial score (nSPS) is 16.0. The summed E-state index contributed by atoms with van der Waals surface area (Å²) in [6, 6.07) is 0. The second-order valence-corrected chi connectivity index (χ2v) is 5.78. The molecule has 0 bridgehead atoms. The van der Waals surface area contributed by atoms with Gasteiger partial charge in [0.2, 0.25) is 0 Å². The van der Waals surface area contributed by atoms with Gasteiger partial charge in [0.05, 0.1) is 12.3 Å². The van der Waals surface area contributed by atoms with Crippen molar-refractivity contribution >= 4 is 34.7 Å². The Labute approximate surface area is 85.0 Å². The SMILES string of the molecule is CC(O)C(C)Sc1ncc(Cl)s1. The summed E-state index contributed by atoms with van der Waals surface area (Å²) in [4.78, 5) is 4.08. The van der Waals surface area contributed by atoms with Crippen molar-refractivity contribution in [2.75, 3.05) is 0 Å². The third kappa shape index (κ3) is 2.94. The van der Waals surface area contributed by atoms with Gasteiger partial charge in [0.25, 0.3) is 0 Å². The molecule has 1 N–H and O–H groups in total. The zero-order valence-corrected chi connectivity index (χ0v) is 9.21. The lowest BCUT2D eigenvalue weighted by molar-refractivity contribution is 0.196. The molecular weight excluding hydrogens is 214 g/mol. The molecule has 1 aromatic rings. The first-order chi connectivity index (χ1) is 5.59. The molecule has 0 saturated carbocycles. The van der Waals surface area contributed by atoms with Crippen LogP contribution in [0.1, 0.15) is 13.8 Å². The van der Waals surface area contributed by atoms with Crippen molar-refractivity contribution in [3.63, 3.8) is 0 Å². The van der Waals surface area contributed by atoms with Crippen LogP contribution in [0.15, 0.2) is 10.5 Å². The van der Waals surface area contributed by atoms with E-state index in [0.29, 0.717) is 4.34 Å². The summed E-state index contributed by atoms with van der Waals surface area (Å²) >= 11 is 8.69. The Morgan fingerprint density at radius 2 is 2.33 bits per heavy atom. The summed E-state index contributed by atoms with van der Waals surface area (Å²) in [6.45, 7) is 3.73. The lowest BCUT2D eigenvalue weighted by Crippen LogP contribution is -2.14. The predicted octanol–water partition coefficient (Wildman–Crippen LogP) is 2.66. The molecule has 0 aliphatic rings. The highest BCUT2D eigenvalue weighted by molar-refractivity contribution is 8.01. The number of thiazole rings is 1. The van der Waals surface area contributed by atoms with Gasteiger partial charge in [0, 0.05) is 5.25 Å². The molecule has 0 fully saturated rings. The first-order valence-electron chi connectivity index (χ1n) is 3.55. The molecule has 0 aliphatic carbocycles. The van der Waals surface area contributed by atoms with E-state index < -0.39 is 0 Å². The zero-order chi connectivity index (χ0) is 9.14. The molecule has 0 radical (unpaired) electrons. The summed E-state index contributed by atoms with van der Waals surface area (Å²) in [5.74, 6) is 0. The maximum Gasteiger partial charge on any atom is 0.151 e. The lowest BCUT2D eigenvalue weighted by atomic mass is 10.3. The van der Waals surface area contributed by atoms with Crippen LogP contribution in [-0.2, 0) is 0 Å². The molecule has 2 nitrogen and oxygen atoms in total. The van der Waals surface area contributed by atoms with Crippen molar-refractivity contribution in [3.05, 3.63) is 10.5 Å². The Hall–Kier alpha value is 0.230. The van der Waals surface area contributed by atoms with Crippen molar-refractivity contribution in [1.29, 1.82) is 0 Å². The van der Waals surface area contributed by atoms with Gasteiger partial charge in [0.15, 0.2) is 4.34 Å². The predicted molar refractivity (Wildman–Crippen MR) is 54.1 cm³/mol. The van der Waals surface area contributed by atoms with Gasteiger partial charge < -0.3 is 5.11 Å². The average molecular weight is 224 g/mol. The maximum atomic E-state index is 9.21. The molecule has 1 heterocycles.